The molecule has 6 nitrogen and oxygen atoms in total. The highest BCUT2D eigenvalue weighted by Gasteiger charge is 2.24. The fourth-order valence-corrected chi connectivity index (χ4v) is 3.48. The Hall–Kier alpha value is -2.81. The van der Waals surface area contributed by atoms with Crippen LogP contribution >= 0.6 is 0 Å². The summed E-state index contributed by atoms with van der Waals surface area (Å²) in [4.78, 5) is 2.12. The molecule has 0 amide bonds. The van der Waals surface area contributed by atoms with Crippen LogP contribution in [-0.2, 0) is 11.3 Å². The van der Waals surface area contributed by atoms with Crippen LogP contribution in [0.3, 0.4) is 0 Å². The van der Waals surface area contributed by atoms with Crippen LogP contribution in [0, 0.1) is 18.6 Å². The Labute approximate surface area is 199 Å². The molecule has 0 saturated heterocycles. The van der Waals surface area contributed by atoms with Crippen LogP contribution in [0.5, 0.6) is 11.6 Å². The number of halogens is 2. The van der Waals surface area contributed by atoms with Gasteiger partial charge in [-0.05, 0) is 83.1 Å². The lowest BCUT2D eigenvalue weighted by Gasteiger charge is -2.29. The van der Waals surface area contributed by atoms with Crippen molar-refractivity contribution >= 4 is 0 Å². The van der Waals surface area contributed by atoms with E-state index in [0.717, 1.165) is 11.3 Å². The number of hydrogen-bond acceptors (Lipinski definition) is 5. The van der Waals surface area contributed by atoms with Gasteiger partial charge >= 0.3 is 0 Å². The van der Waals surface area contributed by atoms with E-state index in [-0.39, 0.29) is 30.4 Å². The Morgan fingerprint density at radius 2 is 1.56 bits per heavy atom. The van der Waals surface area contributed by atoms with E-state index in [0.29, 0.717) is 30.4 Å². The maximum atomic E-state index is 13.5. The molecule has 0 saturated carbocycles. The largest absolute Gasteiger partial charge is 0.439 e. The topological polar surface area (TPSA) is 59.8 Å². The Morgan fingerprint density at radius 3 is 2.12 bits per heavy atom. The number of benzene rings is 2. The molecule has 1 aromatic heterocycles. The van der Waals surface area contributed by atoms with Crippen molar-refractivity contribution in [2.24, 2.45) is 0 Å². The van der Waals surface area contributed by atoms with Crippen molar-refractivity contribution in [2.75, 3.05) is 13.2 Å². The number of aryl methyl sites for hydroxylation is 1. The lowest BCUT2D eigenvalue weighted by atomic mass is 10.2. The molecule has 0 aliphatic carbocycles. The van der Waals surface area contributed by atoms with Gasteiger partial charge in [0, 0.05) is 19.1 Å². The molecule has 0 aliphatic rings. The van der Waals surface area contributed by atoms with Gasteiger partial charge in [-0.3, -0.25) is 4.90 Å². The van der Waals surface area contributed by atoms with Crippen LogP contribution in [0.2, 0.25) is 0 Å². The fourth-order valence-electron chi connectivity index (χ4n) is 3.48. The van der Waals surface area contributed by atoms with E-state index >= 15 is 0 Å². The number of nitrogens with zero attached hydrogens (tertiary/aromatic N) is 3. The SMILES string of the molecule is Cc1nn(-c2ccc(F)cc2)c(Oc2ccc(F)cc2)c1CN(CC(O)COC(C)C)C(C)C. The second-order valence-electron chi connectivity index (χ2n) is 8.87. The molecule has 1 atom stereocenters. The van der Waals surface area contributed by atoms with Crippen molar-refractivity contribution in [2.45, 2.75) is 59.4 Å². The smallest absolute Gasteiger partial charge is 0.227 e. The third-order valence-corrected chi connectivity index (χ3v) is 5.40. The third kappa shape index (κ3) is 6.85. The predicted molar refractivity (Wildman–Crippen MR) is 127 cm³/mol. The summed E-state index contributed by atoms with van der Waals surface area (Å²) in [5.41, 5.74) is 2.19. The predicted octanol–water partition coefficient (Wildman–Crippen LogP) is 5.25. The molecule has 2 aromatic carbocycles. The summed E-state index contributed by atoms with van der Waals surface area (Å²) >= 11 is 0. The Balaban J connectivity index is 1.95. The van der Waals surface area contributed by atoms with Gasteiger partial charge in [-0.25, -0.2) is 13.5 Å². The van der Waals surface area contributed by atoms with Gasteiger partial charge in [-0.1, -0.05) is 0 Å². The van der Waals surface area contributed by atoms with Gasteiger partial charge < -0.3 is 14.6 Å². The minimum absolute atomic E-state index is 0.0362. The Bertz CT molecular complexity index is 1050. The monoisotopic (exact) mass is 473 g/mol. The average Bonchev–Trinajstić information content (AvgIpc) is 3.08. The molecule has 0 spiro atoms. The number of rotatable bonds is 11. The lowest BCUT2D eigenvalue weighted by molar-refractivity contribution is -0.0137. The van der Waals surface area contributed by atoms with E-state index in [1.807, 2.05) is 20.8 Å². The molecular weight excluding hydrogens is 440 g/mol. The van der Waals surface area contributed by atoms with Gasteiger partial charge in [0.05, 0.1) is 35.8 Å². The fraction of sp³-hybridized carbons (Fsp3) is 0.423. The molecule has 1 N–H and O–H groups in total. The van der Waals surface area contributed by atoms with Gasteiger partial charge in [0.25, 0.3) is 0 Å². The molecule has 0 radical (unpaired) electrons. The molecular formula is C26H33F2N3O3. The van der Waals surface area contributed by atoms with Crippen molar-refractivity contribution in [3.63, 3.8) is 0 Å². The molecule has 184 valence electrons. The van der Waals surface area contributed by atoms with Gasteiger partial charge in [0.2, 0.25) is 5.88 Å². The normalized spacial score (nSPS) is 12.7. The molecule has 34 heavy (non-hydrogen) atoms. The Kier molecular flexibility index (Phi) is 8.77. The molecule has 8 heteroatoms. The summed E-state index contributed by atoms with van der Waals surface area (Å²) < 4.78 is 40.3. The molecule has 0 aliphatic heterocycles. The first-order valence-electron chi connectivity index (χ1n) is 11.5. The van der Waals surface area contributed by atoms with Gasteiger partial charge in [-0.2, -0.15) is 5.10 Å². The highest BCUT2D eigenvalue weighted by atomic mass is 19.1. The van der Waals surface area contributed by atoms with E-state index in [4.69, 9.17) is 9.47 Å². The molecule has 1 heterocycles. The quantitative estimate of drug-likeness (QED) is 0.412. The van der Waals surface area contributed by atoms with Gasteiger partial charge in [-0.15, -0.1) is 0 Å². The molecule has 0 bridgehead atoms. The first kappa shape index (κ1) is 25.8. The summed E-state index contributed by atoms with van der Waals surface area (Å²) in [7, 11) is 0. The first-order chi connectivity index (χ1) is 16.1. The maximum absolute atomic E-state index is 13.5. The lowest BCUT2D eigenvalue weighted by Crippen LogP contribution is -2.39. The van der Waals surface area contributed by atoms with Crippen molar-refractivity contribution in [3.8, 4) is 17.3 Å². The minimum Gasteiger partial charge on any atom is -0.439 e. The highest BCUT2D eigenvalue weighted by Crippen LogP contribution is 2.32. The van der Waals surface area contributed by atoms with Crippen molar-refractivity contribution in [3.05, 3.63) is 71.4 Å². The molecule has 1 unspecified atom stereocenters. The second kappa shape index (κ2) is 11.6. The number of aromatic nitrogens is 2. The van der Waals surface area contributed by atoms with Crippen molar-refractivity contribution in [1.82, 2.24) is 14.7 Å². The van der Waals surface area contributed by atoms with Crippen LogP contribution < -0.4 is 4.74 Å². The minimum atomic E-state index is -0.654. The van der Waals surface area contributed by atoms with Crippen LogP contribution in [0.25, 0.3) is 5.69 Å². The molecule has 3 aromatic rings. The summed E-state index contributed by atoms with van der Waals surface area (Å²) in [6.07, 6.45) is -0.618. The van der Waals surface area contributed by atoms with E-state index < -0.39 is 6.10 Å². The van der Waals surface area contributed by atoms with Crippen LogP contribution in [0.4, 0.5) is 8.78 Å². The summed E-state index contributed by atoms with van der Waals surface area (Å²) in [5.74, 6) is 0.193. The number of hydrogen-bond donors (Lipinski definition) is 1. The first-order valence-corrected chi connectivity index (χ1v) is 11.5. The highest BCUT2D eigenvalue weighted by molar-refractivity contribution is 5.43. The maximum Gasteiger partial charge on any atom is 0.227 e. The zero-order valence-corrected chi connectivity index (χ0v) is 20.3. The average molecular weight is 474 g/mol. The van der Waals surface area contributed by atoms with E-state index in [1.54, 1.807) is 28.9 Å². The van der Waals surface area contributed by atoms with E-state index in [1.165, 1.54) is 24.3 Å². The van der Waals surface area contributed by atoms with Gasteiger partial charge in [0.1, 0.15) is 17.4 Å². The summed E-state index contributed by atoms with van der Waals surface area (Å²) in [6, 6.07) is 11.8. The molecule has 0 fully saturated rings. The summed E-state index contributed by atoms with van der Waals surface area (Å²) in [5, 5.41) is 15.2. The second-order valence-corrected chi connectivity index (χ2v) is 8.87. The van der Waals surface area contributed by atoms with Crippen LogP contribution in [0.15, 0.2) is 48.5 Å². The van der Waals surface area contributed by atoms with Gasteiger partial charge in [0.15, 0.2) is 0 Å². The zero-order valence-electron chi connectivity index (χ0n) is 20.3. The summed E-state index contributed by atoms with van der Waals surface area (Å²) in [6.45, 7) is 10.9. The van der Waals surface area contributed by atoms with Crippen LogP contribution in [0.1, 0.15) is 39.0 Å². The zero-order chi connectivity index (χ0) is 24.8. The van der Waals surface area contributed by atoms with Crippen LogP contribution in [-0.4, -0.2) is 51.2 Å². The number of ether oxygens (including phenoxy) is 2. The third-order valence-electron chi connectivity index (χ3n) is 5.40. The standard InChI is InChI=1S/C26H33F2N3O3/c1-17(2)30(14-23(32)16-33-18(3)4)15-25-19(5)29-31(22-10-6-20(27)7-11-22)26(25)34-24-12-8-21(28)9-13-24/h6-13,17-18,23,32H,14-16H2,1-5H3. The van der Waals surface area contributed by atoms with E-state index in [9.17, 15) is 13.9 Å². The Morgan fingerprint density at radius 1 is 0.971 bits per heavy atom. The van der Waals surface area contributed by atoms with E-state index in [2.05, 4.69) is 23.8 Å². The van der Waals surface area contributed by atoms with Crippen molar-refractivity contribution in [1.29, 1.82) is 0 Å². The number of aliphatic hydroxyl groups excluding tert-OH is 1. The number of aliphatic hydroxyl groups is 1. The van der Waals surface area contributed by atoms with Crippen molar-refractivity contribution < 1.29 is 23.4 Å². The molecule has 3 rings (SSSR count).